The average Bonchev–Trinajstić information content (AvgIpc) is 2.70. The third-order valence-electron chi connectivity index (χ3n) is 5.26. The van der Waals surface area contributed by atoms with Gasteiger partial charge in [-0.3, -0.25) is 9.88 Å². The Hall–Kier alpha value is -1.87. The van der Waals surface area contributed by atoms with E-state index in [0.717, 1.165) is 31.9 Å². The van der Waals surface area contributed by atoms with Crippen molar-refractivity contribution in [1.29, 1.82) is 0 Å². The van der Waals surface area contributed by atoms with Crippen LogP contribution in [0.2, 0.25) is 0 Å². The molecule has 0 spiro atoms. The van der Waals surface area contributed by atoms with Crippen LogP contribution in [-0.4, -0.2) is 23.0 Å². The maximum atomic E-state index is 5.87. The number of ether oxygens (including phenoxy) is 1. The van der Waals surface area contributed by atoms with Gasteiger partial charge in [-0.2, -0.15) is 0 Å². The molecule has 3 rings (SSSR count). The molecule has 1 aliphatic rings. The van der Waals surface area contributed by atoms with Crippen LogP contribution in [0.3, 0.4) is 0 Å². The van der Waals surface area contributed by atoms with Crippen LogP contribution in [0.4, 0.5) is 0 Å². The summed E-state index contributed by atoms with van der Waals surface area (Å²) in [5.74, 6) is 0.993. The molecule has 2 aromatic rings. The molecule has 0 unspecified atom stereocenters. The van der Waals surface area contributed by atoms with E-state index in [4.69, 9.17) is 4.74 Å². The molecule has 0 amide bonds. The summed E-state index contributed by atoms with van der Waals surface area (Å²) in [4.78, 5) is 6.92. The zero-order valence-electron chi connectivity index (χ0n) is 16.1. The van der Waals surface area contributed by atoms with Gasteiger partial charge in [0.15, 0.2) is 0 Å². The molecule has 0 bridgehead atoms. The Morgan fingerprint density at radius 3 is 2.73 bits per heavy atom. The first-order valence-electron chi connectivity index (χ1n) is 10.2. The van der Waals surface area contributed by atoms with Gasteiger partial charge in [-0.1, -0.05) is 50.8 Å². The van der Waals surface area contributed by atoms with Gasteiger partial charge in [0.2, 0.25) is 0 Å². The van der Waals surface area contributed by atoms with Gasteiger partial charge in [-0.25, -0.2) is 0 Å². The van der Waals surface area contributed by atoms with E-state index in [1.165, 1.54) is 49.7 Å². The zero-order chi connectivity index (χ0) is 18.0. The van der Waals surface area contributed by atoms with Crippen LogP contribution >= 0.6 is 0 Å². The minimum Gasteiger partial charge on any atom is -0.494 e. The number of unbranched alkanes of at least 4 members (excludes halogenated alkanes) is 3. The molecule has 0 aliphatic carbocycles. The molecule has 3 nitrogen and oxygen atoms in total. The van der Waals surface area contributed by atoms with Crippen molar-refractivity contribution in [2.45, 2.75) is 64.5 Å². The smallest absolute Gasteiger partial charge is 0.119 e. The summed E-state index contributed by atoms with van der Waals surface area (Å²) >= 11 is 0. The fraction of sp³-hybridized carbons (Fsp3) is 0.522. The molecule has 0 N–H and O–H groups in total. The van der Waals surface area contributed by atoms with Gasteiger partial charge in [0.1, 0.15) is 5.75 Å². The van der Waals surface area contributed by atoms with Crippen LogP contribution in [0.15, 0.2) is 48.8 Å². The fourth-order valence-electron chi connectivity index (χ4n) is 3.78. The predicted molar refractivity (Wildman–Crippen MR) is 107 cm³/mol. The standard InChI is InChI=1S/C23H32N2O/c1-2-3-4-7-17-26-22-13-11-20(12-14-22)19-25-16-6-5-10-23(25)21-9-8-15-24-18-21/h8-9,11-15,18,23H,2-7,10,16-17,19H2,1H3/t23-/m0/s1. The summed E-state index contributed by atoms with van der Waals surface area (Å²) in [6.07, 6.45) is 12.7. The lowest BCUT2D eigenvalue weighted by molar-refractivity contribution is 0.140. The van der Waals surface area contributed by atoms with Crippen molar-refractivity contribution in [2.75, 3.05) is 13.2 Å². The van der Waals surface area contributed by atoms with Gasteiger partial charge >= 0.3 is 0 Å². The fourth-order valence-corrected chi connectivity index (χ4v) is 3.78. The Morgan fingerprint density at radius 2 is 1.96 bits per heavy atom. The van der Waals surface area contributed by atoms with Gasteiger partial charge in [0.05, 0.1) is 6.61 Å². The van der Waals surface area contributed by atoms with Gasteiger partial charge in [0.25, 0.3) is 0 Å². The molecule has 3 heteroatoms. The van der Waals surface area contributed by atoms with E-state index in [0.29, 0.717) is 6.04 Å². The number of pyridine rings is 1. The number of aromatic nitrogens is 1. The van der Waals surface area contributed by atoms with Crippen LogP contribution in [0.5, 0.6) is 5.75 Å². The first-order valence-corrected chi connectivity index (χ1v) is 10.2. The zero-order valence-corrected chi connectivity index (χ0v) is 16.1. The van der Waals surface area contributed by atoms with Crippen molar-refractivity contribution in [1.82, 2.24) is 9.88 Å². The molecule has 1 saturated heterocycles. The van der Waals surface area contributed by atoms with Crippen LogP contribution in [0.25, 0.3) is 0 Å². The Labute approximate surface area is 158 Å². The Kier molecular flexibility index (Phi) is 7.51. The average molecular weight is 353 g/mol. The first-order chi connectivity index (χ1) is 12.9. The van der Waals surface area contributed by atoms with E-state index in [1.54, 1.807) is 0 Å². The quantitative estimate of drug-likeness (QED) is 0.536. The van der Waals surface area contributed by atoms with E-state index >= 15 is 0 Å². The molecule has 1 atom stereocenters. The van der Waals surface area contributed by atoms with E-state index in [2.05, 4.69) is 53.2 Å². The monoisotopic (exact) mass is 352 g/mol. The summed E-state index contributed by atoms with van der Waals surface area (Å²) in [7, 11) is 0. The number of benzene rings is 1. The highest BCUT2D eigenvalue weighted by molar-refractivity contribution is 5.27. The number of rotatable bonds is 9. The lowest BCUT2D eigenvalue weighted by Crippen LogP contribution is -2.32. The van der Waals surface area contributed by atoms with Crippen molar-refractivity contribution in [2.24, 2.45) is 0 Å². The maximum Gasteiger partial charge on any atom is 0.119 e. The van der Waals surface area contributed by atoms with Crippen LogP contribution < -0.4 is 4.74 Å². The van der Waals surface area contributed by atoms with Crippen LogP contribution in [-0.2, 0) is 6.54 Å². The number of hydrogen-bond donors (Lipinski definition) is 0. The third kappa shape index (κ3) is 5.57. The van der Waals surface area contributed by atoms with Crippen molar-refractivity contribution in [3.63, 3.8) is 0 Å². The molecule has 140 valence electrons. The number of piperidine rings is 1. The number of hydrogen-bond acceptors (Lipinski definition) is 3. The molecular weight excluding hydrogens is 320 g/mol. The molecule has 0 saturated carbocycles. The van der Waals surface area contributed by atoms with Gasteiger partial charge in [0, 0.05) is 25.0 Å². The van der Waals surface area contributed by atoms with Crippen molar-refractivity contribution in [3.05, 3.63) is 59.9 Å². The topological polar surface area (TPSA) is 25.4 Å². The van der Waals surface area contributed by atoms with Gasteiger partial charge in [-0.05, 0) is 55.1 Å². The molecule has 1 aliphatic heterocycles. The minimum atomic E-state index is 0.493. The largest absolute Gasteiger partial charge is 0.494 e. The second kappa shape index (κ2) is 10.3. The highest BCUT2D eigenvalue weighted by atomic mass is 16.5. The second-order valence-corrected chi connectivity index (χ2v) is 7.32. The molecule has 1 fully saturated rings. The SMILES string of the molecule is CCCCCCOc1ccc(CN2CCCC[C@H]2c2cccnc2)cc1. The second-order valence-electron chi connectivity index (χ2n) is 7.32. The summed E-state index contributed by atoms with van der Waals surface area (Å²) in [5.41, 5.74) is 2.71. The lowest BCUT2D eigenvalue weighted by atomic mass is 9.96. The van der Waals surface area contributed by atoms with Gasteiger partial charge < -0.3 is 4.74 Å². The van der Waals surface area contributed by atoms with Crippen LogP contribution in [0.1, 0.15) is 69.0 Å². The van der Waals surface area contributed by atoms with E-state index in [1.807, 2.05) is 12.4 Å². The molecule has 26 heavy (non-hydrogen) atoms. The molecular formula is C23H32N2O. The highest BCUT2D eigenvalue weighted by Gasteiger charge is 2.23. The van der Waals surface area contributed by atoms with E-state index < -0.39 is 0 Å². The Morgan fingerprint density at radius 1 is 1.08 bits per heavy atom. The first kappa shape index (κ1) is 18.9. The van der Waals surface area contributed by atoms with Crippen molar-refractivity contribution >= 4 is 0 Å². The number of nitrogens with zero attached hydrogens (tertiary/aromatic N) is 2. The summed E-state index contributed by atoms with van der Waals surface area (Å²) in [6, 6.07) is 13.4. The minimum absolute atomic E-state index is 0.493. The Bertz CT molecular complexity index is 626. The van der Waals surface area contributed by atoms with E-state index in [9.17, 15) is 0 Å². The number of likely N-dealkylation sites (tertiary alicyclic amines) is 1. The molecule has 1 aromatic carbocycles. The van der Waals surface area contributed by atoms with Crippen molar-refractivity contribution < 1.29 is 4.74 Å². The lowest BCUT2D eigenvalue weighted by Gasteiger charge is -2.36. The molecule has 1 aromatic heterocycles. The highest BCUT2D eigenvalue weighted by Crippen LogP contribution is 2.31. The van der Waals surface area contributed by atoms with Crippen LogP contribution in [0, 0.1) is 0 Å². The molecule has 0 radical (unpaired) electrons. The maximum absolute atomic E-state index is 5.87. The summed E-state index contributed by atoms with van der Waals surface area (Å²) in [6.45, 7) is 5.22. The summed E-state index contributed by atoms with van der Waals surface area (Å²) in [5, 5.41) is 0. The third-order valence-corrected chi connectivity index (χ3v) is 5.26. The Balaban J connectivity index is 1.54. The normalized spacial score (nSPS) is 18.0. The summed E-state index contributed by atoms with van der Waals surface area (Å²) < 4.78 is 5.87. The van der Waals surface area contributed by atoms with E-state index in [-0.39, 0.29) is 0 Å². The van der Waals surface area contributed by atoms with Crippen molar-refractivity contribution in [3.8, 4) is 5.75 Å². The van der Waals surface area contributed by atoms with Gasteiger partial charge in [-0.15, -0.1) is 0 Å². The predicted octanol–water partition coefficient (Wildman–Crippen LogP) is 5.77. The molecule has 2 heterocycles.